The Kier molecular flexibility index (Phi) is 9.77. The van der Waals surface area contributed by atoms with E-state index in [0.29, 0.717) is 19.0 Å². The molecule has 1 saturated heterocycles. The molecule has 1 aliphatic heterocycles. The Bertz CT molecular complexity index is 818. The zero-order valence-corrected chi connectivity index (χ0v) is 20.3. The Morgan fingerprint density at radius 1 is 1.17 bits per heavy atom. The average molecular weight is 528 g/mol. The van der Waals surface area contributed by atoms with Crippen molar-refractivity contribution in [2.75, 3.05) is 40.4 Å². The molecular weight excluding hydrogens is 495 g/mol. The highest BCUT2D eigenvalue weighted by atomic mass is 127. The molecule has 0 spiro atoms. The molecule has 1 aromatic heterocycles. The molecule has 30 heavy (non-hydrogen) atoms. The van der Waals surface area contributed by atoms with Gasteiger partial charge in [-0.05, 0) is 69.1 Å². The van der Waals surface area contributed by atoms with Crippen LogP contribution in [0.5, 0.6) is 11.5 Å². The number of likely N-dealkylation sites (tertiary alicyclic amines) is 1. The lowest BCUT2D eigenvalue weighted by molar-refractivity contribution is 0.219. The van der Waals surface area contributed by atoms with Gasteiger partial charge in [-0.1, -0.05) is 6.07 Å². The van der Waals surface area contributed by atoms with E-state index in [4.69, 9.17) is 19.6 Å². The van der Waals surface area contributed by atoms with Crippen LogP contribution in [0.3, 0.4) is 0 Å². The zero-order valence-electron chi connectivity index (χ0n) is 18.0. The number of nitrogens with zero attached hydrogens (tertiary/aromatic N) is 2. The van der Waals surface area contributed by atoms with Crippen molar-refractivity contribution in [3.8, 4) is 11.5 Å². The molecule has 0 radical (unpaired) electrons. The van der Waals surface area contributed by atoms with Crippen LogP contribution in [0.15, 0.2) is 39.7 Å². The monoisotopic (exact) mass is 528 g/mol. The lowest BCUT2D eigenvalue weighted by Crippen LogP contribution is -2.35. The molecule has 0 amide bonds. The maximum absolute atomic E-state index is 6.11. The fourth-order valence-electron chi connectivity index (χ4n) is 3.68. The van der Waals surface area contributed by atoms with Crippen LogP contribution in [-0.2, 0) is 6.42 Å². The van der Waals surface area contributed by atoms with Gasteiger partial charge in [-0.15, -0.1) is 24.0 Å². The van der Waals surface area contributed by atoms with Crippen LogP contribution in [0, 0.1) is 6.92 Å². The fraction of sp³-hybridized carbons (Fsp3) is 0.500. The number of aliphatic imine (C=N–C) groups is 1. The number of nitrogens with two attached hydrogens (primary N) is 1. The highest BCUT2D eigenvalue weighted by Gasteiger charge is 2.25. The second-order valence-corrected chi connectivity index (χ2v) is 7.30. The molecule has 1 atom stereocenters. The van der Waals surface area contributed by atoms with Crippen molar-refractivity contribution in [1.29, 1.82) is 0 Å². The number of hydrogen-bond donors (Lipinski definition) is 2. The standard InChI is InChI=1S/C22H32N4O3.HI/c1-16-6-8-19(29-16)18(26-12-4-5-13-26)15-25-22(23)24-11-10-17-7-9-20(27-2)21(14-17)28-3;/h6-9,14,18H,4-5,10-13,15H2,1-3H3,(H3,23,24,25);1H. The molecule has 1 unspecified atom stereocenters. The molecule has 1 aromatic carbocycles. The maximum Gasteiger partial charge on any atom is 0.188 e. The summed E-state index contributed by atoms with van der Waals surface area (Å²) in [4.78, 5) is 7.01. The number of ether oxygens (including phenoxy) is 2. The third-order valence-electron chi connectivity index (χ3n) is 5.27. The number of benzene rings is 1. The molecule has 0 bridgehead atoms. The maximum atomic E-state index is 6.11. The summed E-state index contributed by atoms with van der Waals surface area (Å²) in [5.74, 6) is 3.80. The number of hydrogen-bond acceptors (Lipinski definition) is 5. The predicted molar refractivity (Wildman–Crippen MR) is 130 cm³/mol. The summed E-state index contributed by atoms with van der Waals surface area (Å²) in [6, 6.07) is 10.1. The zero-order chi connectivity index (χ0) is 20.6. The fourth-order valence-corrected chi connectivity index (χ4v) is 3.68. The molecule has 0 saturated carbocycles. The van der Waals surface area contributed by atoms with Gasteiger partial charge in [0.1, 0.15) is 11.5 Å². The van der Waals surface area contributed by atoms with Gasteiger partial charge < -0.3 is 24.9 Å². The van der Waals surface area contributed by atoms with Gasteiger partial charge in [0, 0.05) is 6.54 Å². The van der Waals surface area contributed by atoms with Crippen molar-refractivity contribution < 1.29 is 13.9 Å². The van der Waals surface area contributed by atoms with E-state index in [2.05, 4.69) is 21.3 Å². The molecular formula is C22H33IN4O3. The van der Waals surface area contributed by atoms with Crippen LogP contribution in [-0.4, -0.2) is 51.3 Å². The summed E-state index contributed by atoms with van der Waals surface area (Å²) >= 11 is 0. The molecule has 8 heteroatoms. The third kappa shape index (κ3) is 6.53. The van der Waals surface area contributed by atoms with Crippen molar-refractivity contribution >= 4 is 29.9 Å². The minimum Gasteiger partial charge on any atom is -0.493 e. The molecule has 166 valence electrons. The van der Waals surface area contributed by atoms with E-state index < -0.39 is 0 Å². The first-order valence-corrected chi connectivity index (χ1v) is 10.2. The van der Waals surface area contributed by atoms with Gasteiger partial charge in [-0.3, -0.25) is 9.89 Å². The van der Waals surface area contributed by atoms with Crippen LogP contribution in [0.1, 0.15) is 36.0 Å². The third-order valence-corrected chi connectivity index (χ3v) is 5.27. The van der Waals surface area contributed by atoms with Crippen LogP contribution in [0.4, 0.5) is 0 Å². The summed E-state index contributed by atoms with van der Waals surface area (Å²) < 4.78 is 16.5. The normalized spacial score (nSPS) is 15.5. The number of guanidine groups is 1. The van der Waals surface area contributed by atoms with E-state index in [1.165, 1.54) is 12.8 Å². The topological polar surface area (TPSA) is 85.2 Å². The van der Waals surface area contributed by atoms with Crippen LogP contribution < -0.4 is 20.5 Å². The second kappa shape index (κ2) is 12.0. The van der Waals surface area contributed by atoms with Crippen LogP contribution in [0.25, 0.3) is 0 Å². The molecule has 3 rings (SSSR count). The average Bonchev–Trinajstić information content (AvgIpc) is 3.40. The molecule has 1 fully saturated rings. The Morgan fingerprint density at radius 2 is 1.90 bits per heavy atom. The van der Waals surface area contributed by atoms with E-state index in [0.717, 1.165) is 48.1 Å². The molecule has 1 aliphatic rings. The number of furan rings is 1. The largest absolute Gasteiger partial charge is 0.493 e. The smallest absolute Gasteiger partial charge is 0.188 e. The minimum absolute atomic E-state index is 0. The first-order valence-electron chi connectivity index (χ1n) is 10.2. The molecule has 2 aromatic rings. The first kappa shape index (κ1) is 24.3. The number of methoxy groups -OCH3 is 2. The van der Waals surface area contributed by atoms with Crippen molar-refractivity contribution in [2.24, 2.45) is 10.7 Å². The second-order valence-electron chi connectivity index (χ2n) is 7.30. The summed E-state index contributed by atoms with van der Waals surface area (Å²) in [7, 11) is 3.28. The first-order chi connectivity index (χ1) is 14.1. The molecule has 2 heterocycles. The minimum atomic E-state index is 0. The summed E-state index contributed by atoms with van der Waals surface area (Å²) in [5.41, 5.74) is 7.26. The Labute approximate surface area is 196 Å². The van der Waals surface area contributed by atoms with Gasteiger partial charge in [-0.2, -0.15) is 0 Å². The lowest BCUT2D eigenvalue weighted by atomic mass is 10.1. The Balaban J connectivity index is 0.00000320. The molecule has 7 nitrogen and oxygen atoms in total. The molecule has 3 N–H and O–H groups in total. The van der Waals surface area contributed by atoms with Gasteiger partial charge in [-0.25, -0.2) is 0 Å². The quantitative estimate of drug-likeness (QED) is 0.295. The number of halogens is 1. The lowest BCUT2D eigenvalue weighted by Gasteiger charge is -2.24. The summed E-state index contributed by atoms with van der Waals surface area (Å²) in [6.07, 6.45) is 3.25. The van der Waals surface area contributed by atoms with E-state index >= 15 is 0 Å². The summed E-state index contributed by atoms with van der Waals surface area (Å²) in [6.45, 7) is 5.40. The Hall–Kier alpha value is -1.94. The van der Waals surface area contributed by atoms with Crippen molar-refractivity contribution in [3.63, 3.8) is 0 Å². The van der Waals surface area contributed by atoms with Crippen LogP contribution in [0.2, 0.25) is 0 Å². The van der Waals surface area contributed by atoms with Crippen molar-refractivity contribution in [3.05, 3.63) is 47.4 Å². The number of aryl methyl sites for hydroxylation is 1. The highest BCUT2D eigenvalue weighted by Crippen LogP contribution is 2.28. The Morgan fingerprint density at radius 3 is 2.53 bits per heavy atom. The van der Waals surface area contributed by atoms with E-state index in [-0.39, 0.29) is 30.0 Å². The van der Waals surface area contributed by atoms with Gasteiger partial charge in [0.25, 0.3) is 0 Å². The van der Waals surface area contributed by atoms with E-state index in [1.54, 1.807) is 14.2 Å². The highest BCUT2D eigenvalue weighted by molar-refractivity contribution is 14.0. The summed E-state index contributed by atoms with van der Waals surface area (Å²) in [5, 5.41) is 3.21. The van der Waals surface area contributed by atoms with E-state index in [1.807, 2.05) is 31.2 Å². The van der Waals surface area contributed by atoms with E-state index in [9.17, 15) is 0 Å². The van der Waals surface area contributed by atoms with Gasteiger partial charge >= 0.3 is 0 Å². The van der Waals surface area contributed by atoms with Gasteiger partial charge in [0.15, 0.2) is 17.5 Å². The SMILES string of the molecule is COc1ccc(CCNC(N)=NCC(c2ccc(C)o2)N2CCCC2)cc1OC.I. The number of rotatable bonds is 9. The number of nitrogens with one attached hydrogen (secondary N) is 1. The van der Waals surface area contributed by atoms with Crippen molar-refractivity contribution in [2.45, 2.75) is 32.2 Å². The predicted octanol–water partition coefficient (Wildman–Crippen LogP) is 3.51. The van der Waals surface area contributed by atoms with Crippen LogP contribution >= 0.6 is 24.0 Å². The van der Waals surface area contributed by atoms with Crippen molar-refractivity contribution in [1.82, 2.24) is 10.2 Å². The molecule has 0 aliphatic carbocycles. The van der Waals surface area contributed by atoms with Gasteiger partial charge in [0.05, 0.1) is 26.8 Å². The van der Waals surface area contributed by atoms with Gasteiger partial charge in [0.2, 0.25) is 0 Å².